The molecule has 0 bridgehead atoms. The summed E-state index contributed by atoms with van der Waals surface area (Å²) >= 11 is 0.860. The number of ether oxygens (including phenoxy) is 1. The molecule has 0 unspecified atom stereocenters. The molecule has 2 fully saturated rings. The molecule has 0 aliphatic carbocycles. The summed E-state index contributed by atoms with van der Waals surface area (Å²) in [5.41, 5.74) is 5.89. The van der Waals surface area contributed by atoms with E-state index in [1.165, 1.54) is 12.1 Å². The summed E-state index contributed by atoms with van der Waals surface area (Å²) in [6, 6.07) is 2.88. The number of pyridine rings is 1. The molecule has 2 saturated heterocycles. The Morgan fingerprint density at radius 1 is 1.26 bits per heavy atom. The van der Waals surface area contributed by atoms with Crippen LogP contribution in [0.2, 0.25) is 0 Å². The topological polar surface area (TPSA) is 106 Å². The fourth-order valence-electron chi connectivity index (χ4n) is 4.17. The van der Waals surface area contributed by atoms with Crippen molar-refractivity contribution in [3.63, 3.8) is 0 Å². The standard InChI is InChI=1S/C19H20F3N7OS/c20-19(21,22)15-11(2-1-6-24-15)31-17-14-16(27-28-17)26-13(10-25-14)29-7-4-18(5-8-29)12(23)3-9-30-18/h1-2,6,10,12H,3-5,7-9,23H2,(H,26,27,28)/t12-/m1/s1. The van der Waals surface area contributed by atoms with E-state index in [1.807, 2.05) is 0 Å². The average Bonchev–Trinajstić information content (AvgIpc) is 3.31. The number of halogens is 3. The van der Waals surface area contributed by atoms with Gasteiger partial charge in [-0.25, -0.2) is 9.97 Å². The Morgan fingerprint density at radius 3 is 2.77 bits per heavy atom. The molecule has 0 radical (unpaired) electrons. The lowest BCUT2D eigenvalue weighted by atomic mass is 9.85. The molecule has 1 spiro atoms. The molecule has 5 rings (SSSR count). The van der Waals surface area contributed by atoms with E-state index in [9.17, 15) is 13.2 Å². The van der Waals surface area contributed by atoms with Crippen molar-refractivity contribution in [2.45, 2.75) is 47.0 Å². The van der Waals surface area contributed by atoms with Crippen molar-refractivity contribution >= 4 is 28.7 Å². The van der Waals surface area contributed by atoms with Gasteiger partial charge >= 0.3 is 6.18 Å². The first-order valence-electron chi connectivity index (χ1n) is 9.91. The van der Waals surface area contributed by atoms with E-state index in [1.54, 1.807) is 6.20 Å². The molecule has 0 saturated carbocycles. The van der Waals surface area contributed by atoms with Crippen LogP contribution in [0.4, 0.5) is 19.0 Å². The highest BCUT2D eigenvalue weighted by Crippen LogP contribution is 2.39. The van der Waals surface area contributed by atoms with Gasteiger partial charge in [0, 0.05) is 36.8 Å². The zero-order valence-electron chi connectivity index (χ0n) is 16.4. The predicted octanol–water partition coefficient (Wildman–Crippen LogP) is 3.00. The van der Waals surface area contributed by atoms with Crippen LogP contribution < -0.4 is 10.6 Å². The Balaban J connectivity index is 1.36. The zero-order chi connectivity index (χ0) is 21.6. The van der Waals surface area contributed by atoms with Gasteiger partial charge in [-0.1, -0.05) is 11.8 Å². The molecule has 3 aromatic heterocycles. The van der Waals surface area contributed by atoms with Crippen LogP contribution in [-0.2, 0) is 10.9 Å². The maximum absolute atomic E-state index is 13.2. The monoisotopic (exact) mass is 451 g/mol. The Kier molecular flexibility index (Phi) is 5.02. The number of hydrogen-bond acceptors (Lipinski definition) is 8. The second kappa shape index (κ2) is 7.61. The molecule has 2 aliphatic rings. The Labute approximate surface area is 179 Å². The van der Waals surface area contributed by atoms with Crippen LogP contribution in [0.25, 0.3) is 11.2 Å². The number of anilines is 1. The first kappa shape index (κ1) is 20.5. The molecule has 8 nitrogen and oxygen atoms in total. The van der Waals surface area contributed by atoms with E-state index in [0.29, 0.717) is 28.6 Å². The molecule has 2 aliphatic heterocycles. The van der Waals surface area contributed by atoms with E-state index in [2.05, 4.69) is 30.0 Å². The van der Waals surface area contributed by atoms with Crippen molar-refractivity contribution in [1.29, 1.82) is 0 Å². The molecular weight excluding hydrogens is 431 g/mol. The molecule has 164 valence electrons. The molecule has 0 amide bonds. The summed E-state index contributed by atoms with van der Waals surface area (Å²) in [4.78, 5) is 14.6. The van der Waals surface area contributed by atoms with Crippen LogP contribution in [0.1, 0.15) is 25.0 Å². The number of aromatic amines is 1. The maximum atomic E-state index is 13.2. The summed E-state index contributed by atoms with van der Waals surface area (Å²) in [5, 5.41) is 7.23. The minimum Gasteiger partial charge on any atom is -0.373 e. The number of nitrogens with one attached hydrogen (secondary N) is 1. The van der Waals surface area contributed by atoms with E-state index in [-0.39, 0.29) is 16.5 Å². The van der Waals surface area contributed by atoms with Crippen LogP contribution in [0.5, 0.6) is 0 Å². The van der Waals surface area contributed by atoms with E-state index >= 15 is 0 Å². The zero-order valence-corrected chi connectivity index (χ0v) is 17.2. The lowest BCUT2D eigenvalue weighted by Crippen LogP contribution is -2.53. The smallest absolute Gasteiger partial charge is 0.373 e. The van der Waals surface area contributed by atoms with E-state index in [4.69, 9.17) is 10.5 Å². The lowest BCUT2D eigenvalue weighted by molar-refractivity contribution is -0.143. The van der Waals surface area contributed by atoms with Gasteiger partial charge < -0.3 is 15.4 Å². The number of H-pyrrole nitrogens is 1. The molecule has 1 atom stereocenters. The molecule has 3 N–H and O–H groups in total. The quantitative estimate of drug-likeness (QED) is 0.626. The van der Waals surface area contributed by atoms with Gasteiger partial charge in [0.05, 0.1) is 11.8 Å². The third kappa shape index (κ3) is 3.72. The third-order valence-corrected chi connectivity index (χ3v) is 6.93. The van der Waals surface area contributed by atoms with Crippen molar-refractivity contribution in [3.05, 3.63) is 30.2 Å². The average molecular weight is 451 g/mol. The molecule has 5 heterocycles. The highest BCUT2D eigenvalue weighted by Gasteiger charge is 2.44. The summed E-state index contributed by atoms with van der Waals surface area (Å²) in [6.07, 6.45) is 0.717. The molecule has 31 heavy (non-hydrogen) atoms. The fourth-order valence-corrected chi connectivity index (χ4v) is 5.13. The first-order chi connectivity index (χ1) is 14.9. The van der Waals surface area contributed by atoms with Gasteiger partial charge in [0.2, 0.25) is 0 Å². The number of fused-ring (bicyclic) bond motifs is 1. The van der Waals surface area contributed by atoms with Crippen LogP contribution >= 0.6 is 11.8 Å². The van der Waals surface area contributed by atoms with Gasteiger partial charge in [0.25, 0.3) is 0 Å². The Morgan fingerprint density at radius 2 is 2.06 bits per heavy atom. The minimum absolute atomic E-state index is 0.0384. The van der Waals surface area contributed by atoms with Gasteiger partial charge in [-0.15, -0.1) is 0 Å². The normalized spacial score (nSPS) is 21.3. The van der Waals surface area contributed by atoms with Crippen LogP contribution in [0.15, 0.2) is 34.4 Å². The number of aromatic nitrogens is 5. The SMILES string of the molecule is N[C@@H]1CCOC12CCN(c1cnc3c(Sc4cccnc4C(F)(F)F)n[nH]c3n1)CC2. The lowest BCUT2D eigenvalue weighted by Gasteiger charge is -2.41. The largest absolute Gasteiger partial charge is 0.434 e. The molecule has 0 aromatic carbocycles. The van der Waals surface area contributed by atoms with Crippen LogP contribution in [0.3, 0.4) is 0 Å². The van der Waals surface area contributed by atoms with Crippen LogP contribution in [0, 0.1) is 0 Å². The van der Waals surface area contributed by atoms with Gasteiger partial charge in [0.1, 0.15) is 11.3 Å². The fraction of sp³-hybridized carbons (Fsp3) is 0.474. The first-order valence-corrected chi connectivity index (χ1v) is 10.7. The van der Waals surface area contributed by atoms with Crippen molar-refractivity contribution < 1.29 is 17.9 Å². The summed E-state index contributed by atoms with van der Waals surface area (Å²) in [5.74, 6) is 0.687. The number of nitrogens with two attached hydrogens (primary N) is 1. The van der Waals surface area contributed by atoms with Gasteiger partial charge in [-0.3, -0.25) is 10.1 Å². The summed E-state index contributed by atoms with van der Waals surface area (Å²) < 4.78 is 45.6. The summed E-state index contributed by atoms with van der Waals surface area (Å²) in [7, 11) is 0. The predicted molar refractivity (Wildman–Crippen MR) is 108 cm³/mol. The van der Waals surface area contributed by atoms with E-state index in [0.717, 1.165) is 50.3 Å². The van der Waals surface area contributed by atoms with Gasteiger partial charge in [0.15, 0.2) is 16.4 Å². The van der Waals surface area contributed by atoms with Crippen molar-refractivity contribution in [2.75, 3.05) is 24.6 Å². The third-order valence-electron chi connectivity index (χ3n) is 5.90. The maximum Gasteiger partial charge on any atom is 0.434 e. The number of rotatable bonds is 3. The van der Waals surface area contributed by atoms with Crippen molar-refractivity contribution in [1.82, 2.24) is 25.1 Å². The van der Waals surface area contributed by atoms with E-state index < -0.39 is 11.9 Å². The number of alkyl halides is 3. The molecule has 12 heteroatoms. The number of nitrogens with zero attached hydrogens (tertiary/aromatic N) is 5. The van der Waals surface area contributed by atoms with Crippen molar-refractivity contribution in [3.8, 4) is 0 Å². The minimum atomic E-state index is -4.55. The van der Waals surface area contributed by atoms with Gasteiger partial charge in [-0.05, 0) is 31.4 Å². The highest BCUT2D eigenvalue weighted by molar-refractivity contribution is 7.99. The Bertz CT molecular complexity index is 1100. The highest BCUT2D eigenvalue weighted by atomic mass is 32.2. The second-order valence-electron chi connectivity index (χ2n) is 7.70. The number of piperidine rings is 1. The molecular formula is C19H20F3N7OS. The Hall–Kier alpha value is -2.44. The molecule has 3 aromatic rings. The van der Waals surface area contributed by atoms with Crippen molar-refractivity contribution in [2.24, 2.45) is 5.73 Å². The number of hydrogen-bond donors (Lipinski definition) is 2. The van der Waals surface area contributed by atoms with Crippen LogP contribution in [-0.4, -0.2) is 56.5 Å². The van der Waals surface area contributed by atoms with Gasteiger partial charge in [-0.2, -0.15) is 18.3 Å². The second-order valence-corrected chi connectivity index (χ2v) is 8.73. The summed E-state index contributed by atoms with van der Waals surface area (Å²) in [6.45, 7) is 2.19.